The zero-order valence-corrected chi connectivity index (χ0v) is 38.7. The van der Waals surface area contributed by atoms with Gasteiger partial charge in [-0.05, 0) is 87.4 Å². The van der Waals surface area contributed by atoms with Crippen molar-refractivity contribution in [3.05, 3.63) is 128 Å². The predicted molar refractivity (Wildman–Crippen MR) is 245 cm³/mol. The number of nitrogens with one attached hydrogen (secondary N) is 2. The molecule has 0 unspecified atom stereocenters. The Labute approximate surface area is 378 Å². The van der Waals surface area contributed by atoms with E-state index in [-0.39, 0.29) is 35.7 Å². The monoisotopic (exact) mass is 904 g/mol. The third-order valence-electron chi connectivity index (χ3n) is 12.2. The van der Waals surface area contributed by atoms with Gasteiger partial charge in [0.1, 0.15) is 40.6 Å². The highest BCUT2D eigenvalue weighted by molar-refractivity contribution is 7.15. The van der Waals surface area contributed by atoms with Crippen LogP contribution in [0.3, 0.4) is 0 Å². The number of carbonyl (C=O) groups is 3. The van der Waals surface area contributed by atoms with E-state index in [4.69, 9.17) is 4.99 Å². The summed E-state index contributed by atoms with van der Waals surface area (Å²) >= 11 is 3.15. The lowest BCUT2D eigenvalue weighted by Gasteiger charge is -2.35. The van der Waals surface area contributed by atoms with E-state index < -0.39 is 59.0 Å². The molecule has 3 aromatic carbocycles. The van der Waals surface area contributed by atoms with Gasteiger partial charge in [0.2, 0.25) is 11.8 Å². The minimum absolute atomic E-state index is 0.0112. The van der Waals surface area contributed by atoms with Crippen LogP contribution in [-0.4, -0.2) is 77.9 Å². The molecule has 1 saturated heterocycles. The van der Waals surface area contributed by atoms with Gasteiger partial charge in [0, 0.05) is 34.5 Å². The molecule has 2 aliphatic heterocycles. The van der Waals surface area contributed by atoms with E-state index in [0.29, 0.717) is 17.1 Å². The first-order chi connectivity index (χ1) is 30.3. The van der Waals surface area contributed by atoms with Crippen LogP contribution >= 0.6 is 22.7 Å². The highest BCUT2D eigenvalue weighted by atomic mass is 32.1. The number of fused-ring (bicyclic) bond motifs is 3. The van der Waals surface area contributed by atoms with Crippen molar-refractivity contribution >= 4 is 46.1 Å². The van der Waals surface area contributed by atoms with Gasteiger partial charge in [-0.15, -0.1) is 32.9 Å². The number of amides is 3. The molecule has 2 aliphatic rings. The Balaban J connectivity index is 0.981. The maximum absolute atomic E-state index is 16.1. The van der Waals surface area contributed by atoms with E-state index >= 15 is 8.78 Å². The molecule has 0 radical (unpaired) electrons. The lowest BCUT2D eigenvalue weighted by molar-refractivity contribution is -0.142. The number of aliphatic imine (C=N–C) groups is 1. The summed E-state index contributed by atoms with van der Waals surface area (Å²) in [6, 6.07) is 13.4. The van der Waals surface area contributed by atoms with E-state index in [9.17, 15) is 19.5 Å². The average Bonchev–Trinajstić information content (AvgIpc) is 4.01. The van der Waals surface area contributed by atoms with Gasteiger partial charge in [-0.3, -0.25) is 23.9 Å². The fourth-order valence-electron chi connectivity index (χ4n) is 8.47. The van der Waals surface area contributed by atoms with Gasteiger partial charge in [-0.1, -0.05) is 63.2 Å². The van der Waals surface area contributed by atoms with Crippen LogP contribution in [-0.2, 0) is 9.59 Å². The number of rotatable bonds is 9. The van der Waals surface area contributed by atoms with E-state index in [2.05, 4.69) is 25.8 Å². The summed E-state index contributed by atoms with van der Waals surface area (Å²) in [6.07, 6.45) is -0.957. The smallest absolute Gasteiger partial charge is 0.254 e. The first-order valence-electron chi connectivity index (χ1n) is 21.1. The molecule has 5 heterocycles. The van der Waals surface area contributed by atoms with Gasteiger partial charge < -0.3 is 20.6 Å². The molecule has 332 valence electrons. The number of hydrogen-bond donors (Lipinski definition) is 3. The van der Waals surface area contributed by atoms with E-state index in [1.54, 1.807) is 61.1 Å². The second kappa shape index (κ2) is 17.2. The van der Waals surface area contributed by atoms with Crippen molar-refractivity contribution in [2.24, 2.45) is 10.4 Å². The Hall–Kier alpha value is -5.97. The summed E-state index contributed by atoms with van der Waals surface area (Å²) in [5.41, 5.74) is 6.79. The SMILES string of the molecule is Cc1ncsc1-c1ccc([C@H](C)NC(=O)[C@@H]2C[C@@H](O)CN2C(=O)[C@@H](NC(=O)c2ccc(-c3ccc(C4=N[C@@H](C)c5nnc(C)n5-c5sc(C)c(C)c54)cc3F)cc2F)C(C)(C)C)cc1. The Bertz CT molecular complexity index is 2840. The maximum Gasteiger partial charge on any atom is 0.254 e. The summed E-state index contributed by atoms with van der Waals surface area (Å²) < 4.78 is 34.1. The number of aromatic nitrogens is 4. The summed E-state index contributed by atoms with van der Waals surface area (Å²) in [6.45, 7) is 16.8. The zero-order valence-electron chi connectivity index (χ0n) is 37.1. The number of β-amino-alcohol motifs (C(OH)–C–C–N with tert-alkyl or cyclic N) is 1. The number of aliphatic hydroxyl groups excluding tert-OH is 1. The molecule has 8 rings (SSSR count). The quantitative estimate of drug-likeness (QED) is 0.131. The summed E-state index contributed by atoms with van der Waals surface area (Å²) in [5.74, 6) is -1.98. The molecule has 0 aliphatic carbocycles. The lowest BCUT2D eigenvalue weighted by atomic mass is 9.85. The molecular formula is C48H50F2N8O4S2. The Morgan fingerprint density at radius 2 is 1.59 bits per heavy atom. The van der Waals surface area contributed by atoms with E-state index in [1.807, 2.05) is 70.4 Å². The van der Waals surface area contributed by atoms with Crippen molar-refractivity contribution < 1.29 is 28.3 Å². The molecule has 0 saturated carbocycles. The zero-order chi connectivity index (χ0) is 45.9. The van der Waals surface area contributed by atoms with E-state index in [0.717, 1.165) is 54.6 Å². The van der Waals surface area contributed by atoms with Crippen LogP contribution in [0.25, 0.3) is 26.6 Å². The number of aryl methyl sites for hydroxylation is 3. The molecule has 64 heavy (non-hydrogen) atoms. The molecule has 6 aromatic rings. The number of benzene rings is 3. The van der Waals surface area contributed by atoms with Crippen molar-refractivity contribution in [2.75, 3.05) is 6.54 Å². The van der Waals surface area contributed by atoms with Crippen LogP contribution in [0.2, 0.25) is 0 Å². The van der Waals surface area contributed by atoms with Crippen molar-refractivity contribution in [1.82, 2.24) is 35.3 Å². The van der Waals surface area contributed by atoms with Gasteiger partial charge in [0.05, 0.1) is 39.5 Å². The van der Waals surface area contributed by atoms with Gasteiger partial charge in [-0.25, -0.2) is 13.8 Å². The summed E-state index contributed by atoms with van der Waals surface area (Å²) in [5, 5.41) is 26.0. The number of thiazole rings is 1. The third-order valence-corrected chi connectivity index (χ3v) is 14.3. The minimum atomic E-state index is -1.20. The number of hydrogen-bond acceptors (Lipinski definition) is 10. The van der Waals surface area contributed by atoms with Crippen molar-refractivity contribution in [2.45, 2.75) is 99.0 Å². The summed E-state index contributed by atoms with van der Waals surface area (Å²) in [7, 11) is 0. The molecule has 5 atom stereocenters. The number of carbonyl (C=O) groups excluding carboxylic acids is 3. The molecule has 3 amide bonds. The highest BCUT2D eigenvalue weighted by Gasteiger charge is 2.45. The topological polar surface area (TPSA) is 155 Å². The second-order valence-electron chi connectivity index (χ2n) is 17.7. The van der Waals surface area contributed by atoms with Crippen molar-refractivity contribution in [3.63, 3.8) is 0 Å². The Morgan fingerprint density at radius 1 is 0.906 bits per heavy atom. The van der Waals surface area contributed by atoms with Crippen LogP contribution in [0, 0.1) is 44.7 Å². The normalized spacial score (nSPS) is 18.2. The number of thiophene rings is 1. The number of nitrogens with zero attached hydrogens (tertiary/aromatic N) is 6. The molecule has 16 heteroatoms. The molecule has 0 bridgehead atoms. The fraction of sp³-hybridized carbons (Fsp3) is 0.354. The van der Waals surface area contributed by atoms with Gasteiger partial charge in [-0.2, -0.15) is 0 Å². The van der Waals surface area contributed by atoms with Gasteiger partial charge in [0.25, 0.3) is 5.91 Å². The summed E-state index contributed by atoms with van der Waals surface area (Å²) in [4.78, 5) is 54.6. The average molecular weight is 905 g/mol. The first-order valence-corrected chi connectivity index (χ1v) is 22.8. The fourth-order valence-corrected chi connectivity index (χ4v) is 10.5. The largest absolute Gasteiger partial charge is 0.391 e. The highest BCUT2D eigenvalue weighted by Crippen LogP contribution is 2.39. The molecule has 12 nitrogen and oxygen atoms in total. The van der Waals surface area contributed by atoms with Crippen molar-refractivity contribution in [3.8, 4) is 26.6 Å². The van der Waals surface area contributed by atoms with Crippen molar-refractivity contribution in [1.29, 1.82) is 0 Å². The molecule has 3 aromatic heterocycles. The Morgan fingerprint density at radius 3 is 2.25 bits per heavy atom. The predicted octanol–water partition coefficient (Wildman–Crippen LogP) is 8.53. The molecule has 3 N–H and O–H groups in total. The standard InChI is InChI=1S/C48H50F2N8O4S2/c1-23-27(5)64-47-39(23)40(52-26(4)43-56-55-28(6)58(43)47)32-15-16-34(36(49)19-32)31-14-17-35(37(50)18-31)44(60)54-42(48(7,8)9)46(62)57-21-33(59)20-38(57)45(61)53-24(2)29-10-12-30(13-11-29)41-25(3)51-22-63-41/h10-19,22,24,26,33,38,42,59H,20-21H2,1-9H3,(H,53,61)(H,54,60)/t24-,26-,33+,38-,42+/m0/s1. The Kier molecular flexibility index (Phi) is 12.0. The molecule has 1 fully saturated rings. The van der Waals surface area contributed by atoms with Crippen LogP contribution in [0.15, 0.2) is 71.2 Å². The van der Waals surface area contributed by atoms with Crippen LogP contribution in [0.5, 0.6) is 0 Å². The third kappa shape index (κ3) is 8.29. The molecule has 0 spiro atoms. The minimum Gasteiger partial charge on any atom is -0.391 e. The van der Waals surface area contributed by atoms with Crippen LogP contribution in [0.4, 0.5) is 8.78 Å². The molecular weight excluding hydrogens is 855 g/mol. The second-order valence-corrected chi connectivity index (χ2v) is 19.8. The van der Waals surface area contributed by atoms with E-state index in [1.165, 1.54) is 23.1 Å². The van der Waals surface area contributed by atoms with Crippen LogP contribution < -0.4 is 10.6 Å². The lowest BCUT2D eigenvalue weighted by Crippen LogP contribution is -2.58. The number of halogens is 2. The van der Waals surface area contributed by atoms with Gasteiger partial charge >= 0.3 is 0 Å². The van der Waals surface area contributed by atoms with Gasteiger partial charge in [0.15, 0.2) is 5.82 Å². The number of aliphatic hydroxyl groups is 1. The first kappa shape index (κ1) is 44.6. The van der Waals surface area contributed by atoms with Crippen LogP contribution in [0.1, 0.15) is 108 Å². The maximum atomic E-state index is 16.1. The number of likely N-dealkylation sites (tertiary alicyclic amines) is 1.